The predicted octanol–water partition coefficient (Wildman–Crippen LogP) is 4.96. The quantitative estimate of drug-likeness (QED) is 0.804. The fraction of sp³-hybridized carbons (Fsp3) is 0.235. The Balaban J connectivity index is 1.76. The minimum absolute atomic E-state index is 0.00286. The third-order valence-electron chi connectivity index (χ3n) is 3.88. The van der Waals surface area contributed by atoms with E-state index in [4.69, 9.17) is 0 Å². The second-order valence-electron chi connectivity index (χ2n) is 5.31. The molecule has 1 unspecified atom stereocenters. The van der Waals surface area contributed by atoms with E-state index >= 15 is 0 Å². The lowest BCUT2D eigenvalue weighted by atomic mass is 10.0. The zero-order valence-corrected chi connectivity index (χ0v) is 13.5. The van der Waals surface area contributed by atoms with Crippen molar-refractivity contribution in [1.82, 2.24) is 4.90 Å². The van der Waals surface area contributed by atoms with Gasteiger partial charge < -0.3 is 10.2 Å². The molecule has 114 valence electrons. The summed E-state index contributed by atoms with van der Waals surface area (Å²) in [5, 5.41) is 2.93. The van der Waals surface area contributed by atoms with Crippen molar-refractivity contribution < 1.29 is 9.18 Å². The minimum Gasteiger partial charge on any atom is -0.317 e. The van der Waals surface area contributed by atoms with E-state index < -0.39 is 0 Å². The summed E-state index contributed by atoms with van der Waals surface area (Å²) < 4.78 is 13.9. The molecule has 5 heteroatoms. The number of hydrogen-bond donors (Lipinski definition) is 1. The maximum atomic E-state index is 13.1. The van der Waals surface area contributed by atoms with Crippen molar-refractivity contribution >= 4 is 27.6 Å². The fourth-order valence-corrected chi connectivity index (χ4v) is 3.17. The molecule has 1 atom stereocenters. The molecule has 0 aromatic heterocycles. The van der Waals surface area contributed by atoms with Gasteiger partial charge in [0.1, 0.15) is 5.82 Å². The molecule has 2 amide bonds. The summed E-state index contributed by atoms with van der Waals surface area (Å²) in [7, 11) is 0. The van der Waals surface area contributed by atoms with Crippen molar-refractivity contribution in [1.29, 1.82) is 0 Å². The van der Waals surface area contributed by atoms with Gasteiger partial charge >= 0.3 is 6.03 Å². The Morgan fingerprint density at radius 2 is 1.91 bits per heavy atom. The first kappa shape index (κ1) is 15.0. The Morgan fingerprint density at radius 1 is 1.18 bits per heavy atom. The number of likely N-dealkylation sites (tertiary alicyclic amines) is 1. The first-order valence-electron chi connectivity index (χ1n) is 7.23. The molecule has 2 aromatic rings. The standard InChI is InChI=1S/C17H16BrFN2O/c18-14-4-1-2-5-15(14)20-17(22)21-11-3-6-16(21)12-7-9-13(19)10-8-12/h1-2,4-5,7-10,16H,3,6,11H2,(H,20,22). The average Bonchev–Trinajstić information content (AvgIpc) is 3.00. The van der Waals surface area contributed by atoms with E-state index in [2.05, 4.69) is 21.2 Å². The van der Waals surface area contributed by atoms with E-state index in [1.165, 1.54) is 12.1 Å². The molecular formula is C17H16BrFN2O. The number of amides is 2. The average molecular weight is 363 g/mol. The minimum atomic E-state index is -0.258. The molecule has 1 fully saturated rings. The molecule has 0 aliphatic carbocycles. The van der Waals surface area contributed by atoms with Gasteiger partial charge in [0.25, 0.3) is 0 Å². The summed E-state index contributed by atoms with van der Waals surface area (Å²) >= 11 is 3.43. The van der Waals surface area contributed by atoms with Crippen LogP contribution in [0, 0.1) is 5.82 Å². The van der Waals surface area contributed by atoms with E-state index in [9.17, 15) is 9.18 Å². The number of carbonyl (C=O) groups excluding carboxylic acids is 1. The second-order valence-corrected chi connectivity index (χ2v) is 6.17. The summed E-state index contributed by atoms with van der Waals surface area (Å²) in [6.07, 6.45) is 1.85. The number of rotatable bonds is 2. The zero-order valence-electron chi connectivity index (χ0n) is 11.9. The van der Waals surface area contributed by atoms with Gasteiger partial charge in [0.15, 0.2) is 0 Å². The number of urea groups is 1. The van der Waals surface area contributed by atoms with Gasteiger partial charge in [-0.15, -0.1) is 0 Å². The van der Waals surface area contributed by atoms with Crippen molar-refractivity contribution in [2.45, 2.75) is 18.9 Å². The Hall–Kier alpha value is -1.88. The normalized spacial score (nSPS) is 17.5. The molecule has 0 spiro atoms. The van der Waals surface area contributed by atoms with Crippen LogP contribution in [0.5, 0.6) is 0 Å². The number of nitrogens with one attached hydrogen (secondary N) is 1. The molecule has 2 aromatic carbocycles. The summed E-state index contributed by atoms with van der Waals surface area (Å²) in [4.78, 5) is 14.3. The second kappa shape index (κ2) is 6.48. The number of para-hydroxylation sites is 1. The molecule has 1 N–H and O–H groups in total. The summed E-state index contributed by atoms with van der Waals surface area (Å²) in [6, 6.07) is 13.8. The number of carbonyl (C=O) groups is 1. The zero-order chi connectivity index (χ0) is 15.5. The maximum Gasteiger partial charge on any atom is 0.322 e. The van der Waals surface area contributed by atoms with Gasteiger partial charge in [-0.1, -0.05) is 24.3 Å². The molecule has 0 saturated carbocycles. The highest BCUT2D eigenvalue weighted by Crippen LogP contribution is 2.33. The van der Waals surface area contributed by atoms with Gasteiger partial charge in [-0.2, -0.15) is 0 Å². The molecule has 1 heterocycles. The lowest BCUT2D eigenvalue weighted by Crippen LogP contribution is -2.34. The Bertz CT molecular complexity index is 675. The lowest BCUT2D eigenvalue weighted by Gasteiger charge is -2.25. The molecule has 1 aliphatic rings. The van der Waals surface area contributed by atoms with Crippen LogP contribution in [0.25, 0.3) is 0 Å². The summed E-state index contributed by atoms with van der Waals surface area (Å²) in [5.41, 5.74) is 1.72. The summed E-state index contributed by atoms with van der Waals surface area (Å²) in [6.45, 7) is 0.707. The van der Waals surface area contributed by atoms with Crippen LogP contribution in [0.3, 0.4) is 0 Å². The van der Waals surface area contributed by atoms with Crippen LogP contribution in [0.15, 0.2) is 53.0 Å². The molecule has 3 nitrogen and oxygen atoms in total. The van der Waals surface area contributed by atoms with E-state index in [1.807, 2.05) is 29.2 Å². The molecule has 1 aliphatic heterocycles. The third-order valence-corrected chi connectivity index (χ3v) is 4.58. The van der Waals surface area contributed by atoms with Gasteiger partial charge in [-0.25, -0.2) is 9.18 Å². The van der Waals surface area contributed by atoms with Gasteiger partial charge in [-0.3, -0.25) is 0 Å². The first-order valence-corrected chi connectivity index (χ1v) is 8.02. The van der Waals surface area contributed by atoms with Gasteiger partial charge in [-0.05, 0) is 58.6 Å². The highest BCUT2D eigenvalue weighted by Gasteiger charge is 2.30. The number of anilines is 1. The molecule has 0 radical (unpaired) electrons. The number of halogens is 2. The van der Waals surface area contributed by atoms with Gasteiger partial charge in [0.2, 0.25) is 0 Å². The van der Waals surface area contributed by atoms with Crippen LogP contribution < -0.4 is 5.32 Å². The Morgan fingerprint density at radius 3 is 2.64 bits per heavy atom. The molecule has 3 rings (SSSR count). The molecular weight excluding hydrogens is 347 g/mol. The van der Waals surface area contributed by atoms with E-state index in [0.29, 0.717) is 6.54 Å². The number of benzene rings is 2. The van der Waals surface area contributed by atoms with Crippen LogP contribution in [-0.2, 0) is 0 Å². The molecule has 1 saturated heterocycles. The Kier molecular flexibility index (Phi) is 4.43. The number of nitrogens with zero attached hydrogens (tertiary/aromatic N) is 1. The van der Waals surface area contributed by atoms with Gasteiger partial charge in [0, 0.05) is 11.0 Å². The molecule has 22 heavy (non-hydrogen) atoms. The third kappa shape index (κ3) is 3.14. The van der Waals surface area contributed by atoms with Crippen molar-refractivity contribution in [2.75, 3.05) is 11.9 Å². The number of hydrogen-bond acceptors (Lipinski definition) is 1. The van der Waals surface area contributed by atoms with Gasteiger partial charge in [0.05, 0.1) is 11.7 Å². The van der Waals surface area contributed by atoms with E-state index in [-0.39, 0.29) is 17.9 Å². The maximum absolute atomic E-state index is 13.1. The summed E-state index contributed by atoms with van der Waals surface area (Å²) in [5.74, 6) is -0.258. The van der Waals surface area contributed by atoms with Crippen molar-refractivity contribution in [3.63, 3.8) is 0 Å². The fourth-order valence-electron chi connectivity index (χ4n) is 2.79. The van der Waals surface area contributed by atoms with Crippen LogP contribution in [-0.4, -0.2) is 17.5 Å². The van der Waals surface area contributed by atoms with Crippen molar-refractivity contribution in [3.05, 3.63) is 64.4 Å². The largest absolute Gasteiger partial charge is 0.322 e. The van der Waals surface area contributed by atoms with Crippen LogP contribution in [0.2, 0.25) is 0 Å². The van der Waals surface area contributed by atoms with Crippen LogP contribution >= 0.6 is 15.9 Å². The monoisotopic (exact) mass is 362 g/mol. The topological polar surface area (TPSA) is 32.3 Å². The van der Waals surface area contributed by atoms with Crippen molar-refractivity contribution in [2.24, 2.45) is 0 Å². The molecule has 0 bridgehead atoms. The lowest BCUT2D eigenvalue weighted by molar-refractivity contribution is 0.207. The van der Waals surface area contributed by atoms with Crippen LogP contribution in [0.1, 0.15) is 24.4 Å². The van der Waals surface area contributed by atoms with Crippen LogP contribution in [0.4, 0.5) is 14.9 Å². The highest BCUT2D eigenvalue weighted by molar-refractivity contribution is 9.10. The van der Waals surface area contributed by atoms with E-state index in [1.54, 1.807) is 12.1 Å². The van der Waals surface area contributed by atoms with Crippen molar-refractivity contribution in [3.8, 4) is 0 Å². The first-order chi connectivity index (χ1) is 10.6. The predicted molar refractivity (Wildman–Crippen MR) is 88.2 cm³/mol. The highest BCUT2D eigenvalue weighted by atomic mass is 79.9. The van der Waals surface area contributed by atoms with E-state index in [0.717, 1.165) is 28.6 Å². The SMILES string of the molecule is O=C(Nc1ccccc1Br)N1CCCC1c1ccc(F)cc1. The Labute approximate surface area is 137 Å². The smallest absolute Gasteiger partial charge is 0.317 e.